The molecule has 0 aromatic heterocycles. The van der Waals surface area contributed by atoms with E-state index < -0.39 is 6.10 Å². The van der Waals surface area contributed by atoms with Crippen molar-refractivity contribution in [3.8, 4) is 0 Å². The van der Waals surface area contributed by atoms with Crippen LogP contribution in [0.25, 0.3) is 0 Å². The van der Waals surface area contributed by atoms with E-state index in [2.05, 4.69) is 20.8 Å². The molecule has 0 spiro atoms. The highest BCUT2D eigenvalue weighted by atomic mass is 16.6. The quantitative estimate of drug-likeness (QED) is 0.0343. The van der Waals surface area contributed by atoms with Crippen molar-refractivity contribution in [1.29, 1.82) is 0 Å². The summed E-state index contributed by atoms with van der Waals surface area (Å²) in [4.78, 5) is 38.3. The Hall–Kier alpha value is -1.59. The molecule has 0 aromatic carbocycles. The van der Waals surface area contributed by atoms with Crippen molar-refractivity contribution < 1.29 is 28.6 Å². The zero-order valence-electron chi connectivity index (χ0n) is 52.1. The summed E-state index contributed by atoms with van der Waals surface area (Å²) in [6, 6.07) is 0. The largest absolute Gasteiger partial charge is 0.462 e. The molecule has 1 unspecified atom stereocenters. The van der Waals surface area contributed by atoms with Gasteiger partial charge in [-0.3, -0.25) is 14.4 Å². The number of esters is 3. The first-order valence-electron chi connectivity index (χ1n) is 35.0. The molecule has 0 amide bonds. The molecule has 0 aliphatic rings. The van der Waals surface area contributed by atoms with E-state index in [9.17, 15) is 14.4 Å². The van der Waals surface area contributed by atoms with E-state index in [1.54, 1.807) is 0 Å². The molecule has 0 aromatic rings. The van der Waals surface area contributed by atoms with Gasteiger partial charge < -0.3 is 14.2 Å². The fourth-order valence-electron chi connectivity index (χ4n) is 11.1. The summed E-state index contributed by atoms with van der Waals surface area (Å²) in [7, 11) is 0. The number of hydrogen-bond acceptors (Lipinski definition) is 6. The van der Waals surface area contributed by atoms with Gasteiger partial charge in [-0.2, -0.15) is 0 Å². The fraction of sp³-hybridized carbons (Fsp3) is 0.957. The lowest BCUT2D eigenvalue weighted by Crippen LogP contribution is -2.30. The second-order valence-electron chi connectivity index (χ2n) is 24.2. The Morgan fingerprint density at radius 3 is 0.526 bits per heavy atom. The molecule has 0 heterocycles. The summed E-state index contributed by atoms with van der Waals surface area (Å²) in [6.45, 7) is 6.73. The minimum Gasteiger partial charge on any atom is -0.462 e. The fourth-order valence-corrected chi connectivity index (χ4v) is 11.1. The maximum atomic E-state index is 12.9. The maximum absolute atomic E-state index is 12.9. The van der Waals surface area contributed by atoms with Crippen molar-refractivity contribution >= 4 is 17.9 Å². The van der Waals surface area contributed by atoms with Gasteiger partial charge in [0.2, 0.25) is 0 Å². The SMILES string of the molecule is CCCCCCCCCCCCCCCCCCCCCCCCCCCCCCCC(=O)OCC(COC(=O)CCCCCCCCCCCCCCCC)OC(=O)CCCCCCCCCCCCCCCCC. The highest BCUT2D eigenvalue weighted by molar-refractivity contribution is 5.71. The summed E-state index contributed by atoms with van der Waals surface area (Å²) >= 11 is 0. The van der Waals surface area contributed by atoms with Gasteiger partial charge in [-0.1, -0.05) is 374 Å². The Bertz CT molecular complexity index is 1140. The zero-order chi connectivity index (χ0) is 55.0. The zero-order valence-corrected chi connectivity index (χ0v) is 52.1. The van der Waals surface area contributed by atoms with Crippen LogP contribution in [-0.2, 0) is 28.6 Å². The highest BCUT2D eigenvalue weighted by Crippen LogP contribution is 2.19. The van der Waals surface area contributed by atoms with Crippen LogP contribution in [0, 0.1) is 0 Å². The highest BCUT2D eigenvalue weighted by Gasteiger charge is 2.19. The summed E-state index contributed by atoms with van der Waals surface area (Å²) in [5.41, 5.74) is 0. The van der Waals surface area contributed by atoms with E-state index >= 15 is 0 Å². The normalized spacial score (nSPS) is 11.9. The molecule has 0 rings (SSSR count). The van der Waals surface area contributed by atoms with Gasteiger partial charge in [0.1, 0.15) is 13.2 Å². The number of ether oxygens (including phenoxy) is 3. The molecule has 1 atom stereocenters. The third-order valence-electron chi connectivity index (χ3n) is 16.4. The molecular formula is C70H136O6. The third kappa shape index (κ3) is 63.2. The minimum atomic E-state index is -0.762. The summed E-state index contributed by atoms with van der Waals surface area (Å²) in [6.07, 6.45) is 77.1. The number of hydrogen-bond donors (Lipinski definition) is 0. The lowest BCUT2D eigenvalue weighted by molar-refractivity contribution is -0.167. The maximum Gasteiger partial charge on any atom is 0.306 e. The second kappa shape index (κ2) is 65.9. The molecule has 0 radical (unpaired) electrons. The topological polar surface area (TPSA) is 78.9 Å². The van der Waals surface area contributed by atoms with Crippen molar-refractivity contribution in [2.24, 2.45) is 0 Å². The van der Waals surface area contributed by atoms with E-state index in [0.29, 0.717) is 19.3 Å². The number of carbonyl (C=O) groups excluding carboxylic acids is 3. The molecule has 6 heteroatoms. The first-order valence-corrected chi connectivity index (χ1v) is 35.0. The van der Waals surface area contributed by atoms with Crippen molar-refractivity contribution in [3.63, 3.8) is 0 Å². The molecule has 452 valence electrons. The van der Waals surface area contributed by atoms with E-state index in [4.69, 9.17) is 14.2 Å². The standard InChI is InChI=1S/C70H136O6/c1-4-7-10-13-16-19-22-25-28-29-30-31-32-33-34-35-36-37-38-39-40-41-43-45-48-51-54-57-60-63-69(72)75-66-67(65-74-68(71)62-59-56-53-50-47-44-27-24-21-18-15-12-9-6-3)76-70(73)64-61-58-55-52-49-46-42-26-23-20-17-14-11-8-5-2/h67H,4-66H2,1-3H3. The van der Waals surface area contributed by atoms with Gasteiger partial charge in [0.05, 0.1) is 0 Å². The van der Waals surface area contributed by atoms with Gasteiger partial charge in [-0.25, -0.2) is 0 Å². The molecule has 76 heavy (non-hydrogen) atoms. The third-order valence-corrected chi connectivity index (χ3v) is 16.4. The van der Waals surface area contributed by atoms with Gasteiger partial charge in [0.15, 0.2) is 6.10 Å². The summed E-state index contributed by atoms with van der Waals surface area (Å²) in [5.74, 6) is -0.823. The van der Waals surface area contributed by atoms with Crippen molar-refractivity contribution in [2.75, 3.05) is 13.2 Å². The second-order valence-corrected chi connectivity index (χ2v) is 24.2. The van der Waals surface area contributed by atoms with Crippen LogP contribution in [0.2, 0.25) is 0 Å². The van der Waals surface area contributed by atoms with Crippen molar-refractivity contribution in [1.82, 2.24) is 0 Å². The molecule has 0 bridgehead atoms. The van der Waals surface area contributed by atoms with Crippen molar-refractivity contribution in [2.45, 2.75) is 419 Å². The Morgan fingerprint density at radius 1 is 0.211 bits per heavy atom. The molecule has 6 nitrogen and oxygen atoms in total. The van der Waals surface area contributed by atoms with Crippen LogP contribution >= 0.6 is 0 Å². The smallest absolute Gasteiger partial charge is 0.306 e. The van der Waals surface area contributed by atoms with E-state index in [1.165, 1.54) is 315 Å². The summed E-state index contributed by atoms with van der Waals surface area (Å²) in [5, 5.41) is 0. The van der Waals surface area contributed by atoms with Crippen LogP contribution in [0.15, 0.2) is 0 Å². The lowest BCUT2D eigenvalue weighted by Gasteiger charge is -2.18. The number of carbonyl (C=O) groups is 3. The van der Waals surface area contributed by atoms with Gasteiger partial charge in [0.25, 0.3) is 0 Å². The van der Waals surface area contributed by atoms with Gasteiger partial charge in [0, 0.05) is 19.3 Å². The summed E-state index contributed by atoms with van der Waals surface area (Å²) < 4.78 is 17.0. The lowest BCUT2D eigenvalue weighted by atomic mass is 10.0. The molecular weight excluding hydrogens is 937 g/mol. The van der Waals surface area contributed by atoms with E-state index in [0.717, 1.165) is 57.8 Å². The van der Waals surface area contributed by atoms with E-state index in [1.807, 2.05) is 0 Å². The van der Waals surface area contributed by atoms with Crippen molar-refractivity contribution in [3.05, 3.63) is 0 Å². The number of unbranched alkanes of at least 4 members (excludes halogenated alkanes) is 55. The van der Waals surface area contributed by atoms with E-state index in [-0.39, 0.29) is 31.1 Å². The van der Waals surface area contributed by atoms with Gasteiger partial charge in [-0.15, -0.1) is 0 Å². The van der Waals surface area contributed by atoms with Crippen LogP contribution in [0.4, 0.5) is 0 Å². The number of rotatable bonds is 66. The Morgan fingerprint density at radius 2 is 0.355 bits per heavy atom. The molecule has 0 saturated carbocycles. The average molecular weight is 1070 g/mol. The van der Waals surface area contributed by atoms with Crippen LogP contribution in [0.1, 0.15) is 412 Å². The molecule has 0 aliphatic heterocycles. The van der Waals surface area contributed by atoms with Crippen LogP contribution in [-0.4, -0.2) is 37.2 Å². The molecule has 0 saturated heterocycles. The average Bonchev–Trinajstić information content (AvgIpc) is 3.42. The van der Waals surface area contributed by atoms with Crippen LogP contribution < -0.4 is 0 Å². The minimum absolute atomic E-state index is 0.0604. The predicted octanol–water partition coefficient (Wildman–Crippen LogP) is 23.8. The molecule has 0 N–H and O–H groups in total. The first kappa shape index (κ1) is 74.4. The van der Waals surface area contributed by atoms with Gasteiger partial charge >= 0.3 is 17.9 Å². The Kier molecular flexibility index (Phi) is 64.5. The van der Waals surface area contributed by atoms with Gasteiger partial charge in [-0.05, 0) is 19.3 Å². The Balaban J connectivity index is 4.11. The first-order chi connectivity index (χ1) is 37.5. The molecule has 0 fully saturated rings. The molecule has 0 aliphatic carbocycles. The van der Waals surface area contributed by atoms with Crippen LogP contribution in [0.5, 0.6) is 0 Å². The predicted molar refractivity (Wildman–Crippen MR) is 330 cm³/mol. The Labute approximate surface area is 476 Å². The monoisotopic (exact) mass is 1070 g/mol. The van der Waals surface area contributed by atoms with Crippen LogP contribution in [0.3, 0.4) is 0 Å².